The second kappa shape index (κ2) is 17.3. The number of nitrogens with one attached hydrogen (secondary N) is 1. The van der Waals surface area contributed by atoms with Crippen LogP contribution in [-0.2, 0) is 45.9 Å². The van der Waals surface area contributed by atoms with Crippen molar-refractivity contribution >= 4 is 42.9 Å². The van der Waals surface area contributed by atoms with Crippen LogP contribution in [0.15, 0.2) is 66.9 Å². The summed E-state index contributed by atoms with van der Waals surface area (Å²) in [5, 5.41) is 42.3. The van der Waals surface area contributed by atoms with Gasteiger partial charge in [0.25, 0.3) is 11.6 Å². The molecule has 59 heavy (non-hydrogen) atoms. The maximum absolute atomic E-state index is 15.0. The molecule has 4 heterocycles. The quantitative estimate of drug-likeness (QED) is 0.0503. The third kappa shape index (κ3) is 8.14. The molecule has 4 aromatic rings. The monoisotopic (exact) mass is 827 g/mol. The third-order valence-electron chi connectivity index (χ3n) is 11.8. The zero-order chi connectivity index (χ0) is 42.1. The topological polar surface area (TPSA) is 206 Å². The number of aromatic nitrogens is 3. The molecule has 4 N–H and O–H groups in total. The minimum atomic E-state index is -3.01. The van der Waals surface area contributed by atoms with Crippen molar-refractivity contribution in [2.75, 3.05) is 36.2 Å². The van der Waals surface area contributed by atoms with Crippen molar-refractivity contribution in [1.82, 2.24) is 20.3 Å². The van der Waals surface area contributed by atoms with Crippen molar-refractivity contribution in [2.45, 2.75) is 95.4 Å². The van der Waals surface area contributed by atoms with E-state index < -0.39 is 42.4 Å². The fraction of sp³-hybridized carbons (Fsp3) is 0.476. The lowest BCUT2D eigenvalue weighted by molar-refractivity contribution is -0.385. The first-order chi connectivity index (χ1) is 28.3. The Morgan fingerprint density at radius 3 is 2.51 bits per heavy atom. The van der Waals surface area contributed by atoms with Gasteiger partial charge in [0.05, 0.1) is 47.3 Å². The fourth-order valence-electron chi connectivity index (χ4n) is 9.20. The van der Waals surface area contributed by atoms with Crippen LogP contribution in [0, 0.1) is 16.0 Å². The van der Waals surface area contributed by atoms with E-state index in [4.69, 9.17) is 9.47 Å². The second-order valence-corrected chi connectivity index (χ2v) is 20.1. The number of carbonyl (C=O) groups is 2. The molecule has 3 aromatic carbocycles. The normalized spacial score (nSPS) is 22.6. The van der Waals surface area contributed by atoms with E-state index in [1.807, 2.05) is 69.4 Å². The van der Waals surface area contributed by atoms with Crippen LogP contribution in [-0.4, -0.2) is 93.6 Å². The number of nitrogens with zero attached hydrogens (tertiary/aromatic N) is 6. The van der Waals surface area contributed by atoms with Gasteiger partial charge >= 0.3 is 0 Å². The van der Waals surface area contributed by atoms with Crippen LogP contribution in [0.1, 0.15) is 55.5 Å². The van der Waals surface area contributed by atoms with E-state index in [1.165, 1.54) is 12.1 Å². The predicted octanol–water partition coefficient (Wildman–Crippen LogP) is 4.51. The van der Waals surface area contributed by atoms with Gasteiger partial charge in [-0.15, -0.1) is 5.10 Å². The third-order valence-corrected chi connectivity index (χ3v) is 14.3. The standard InChI is InChI=1S/C42H53N7O9Si/c1-5-57-33-13-15-36-29(22-33)23-35(43-18-6-7-20-50)40(52)48(36)31-10-8-28(9-11-31)25-47-37-14-12-32(49(54)55)24-34(37)42(41(47)53)27(2)39(59(3,4)56)38(58-42)16-19-46-26-30(17-21-51)44-45-46/h8-15,22,24,26-27,35,38-39,43,50-51,56H,5-7,16-21,23,25H2,1-4H3/t27-,35?,38+,39-,42+/m1/s1. The molecule has 0 aliphatic carbocycles. The number of aliphatic hydroxyl groups excluding tert-OH is 2. The summed E-state index contributed by atoms with van der Waals surface area (Å²) in [6.45, 7) is 9.10. The van der Waals surface area contributed by atoms with E-state index in [1.54, 1.807) is 26.7 Å². The maximum atomic E-state index is 15.0. The lowest BCUT2D eigenvalue weighted by Crippen LogP contribution is -2.49. The first-order valence-corrected chi connectivity index (χ1v) is 23.4. The number of anilines is 3. The number of rotatable bonds is 17. The van der Waals surface area contributed by atoms with E-state index in [-0.39, 0.29) is 37.3 Å². The van der Waals surface area contributed by atoms with E-state index in [9.17, 15) is 29.9 Å². The number of hydrogen-bond donors (Lipinski definition) is 4. The van der Waals surface area contributed by atoms with E-state index in [2.05, 4.69) is 15.6 Å². The molecular formula is C42H53N7O9Si. The van der Waals surface area contributed by atoms with E-state index >= 15 is 4.79 Å². The number of hydrogen-bond acceptors (Lipinski definition) is 12. The van der Waals surface area contributed by atoms with Gasteiger partial charge in [0.2, 0.25) is 5.91 Å². The smallest absolute Gasteiger partial charge is 0.269 e. The summed E-state index contributed by atoms with van der Waals surface area (Å²) in [7, 11) is -3.01. The van der Waals surface area contributed by atoms with Gasteiger partial charge in [-0.1, -0.05) is 24.3 Å². The lowest BCUT2D eigenvalue weighted by atomic mass is 9.82. The van der Waals surface area contributed by atoms with Gasteiger partial charge in [0.15, 0.2) is 13.9 Å². The number of nitro groups is 1. The van der Waals surface area contributed by atoms with Crippen LogP contribution in [0.4, 0.5) is 22.7 Å². The number of amides is 2. The Morgan fingerprint density at radius 1 is 1.05 bits per heavy atom. The Hall–Kier alpha value is -5.04. The molecular weight excluding hydrogens is 775 g/mol. The molecule has 0 saturated carbocycles. The van der Waals surface area contributed by atoms with Crippen molar-refractivity contribution in [1.29, 1.82) is 0 Å². The molecule has 1 saturated heterocycles. The molecule has 1 aromatic heterocycles. The Balaban J connectivity index is 1.18. The molecule has 3 aliphatic heterocycles. The molecule has 0 radical (unpaired) electrons. The summed E-state index contributed by atoms with van der Waals surface area (Å²) in [4.78, 5) is 55.7. The highest BCUT2D eigenvalue weighted by Gasteiger charge is 2.66. The van der Waals surface area contributed by atoms with Gasteiger partial charge in [-0.2, -0.15) is 0 Å². The van der Waals surface area contributed by atoms with Crippen molar-refractivity contribution in [3.8, 4) is 5.75 Å². The molecule has 16 nitrogen and oxygen atoms in total. The Labute approximate surface area is 344 Å². The fourth-order valence-corrected chi connectivity index (χ4v) is 11.8. The van der Waals surface area contributed by atoms with Gasteiger partial charge in [-0.3, -0.25) is 29.3 Å². The van der Waals surface area contributed by atoms with Crippen LogP contribution in [0.3, 0.4) is 0 Å². The van der Waals surface area contributed by atoms with Gasteiger partial charge in [-0.05, 0) is 99.8 Å². The average molecular weight is 828 g/mol. The van der Waals surface area contributed by atoms with Crippen LogP contribution in [0.2, 0.25) is 18.6 Å². The zero-order valence-corrected chi connectivity index (χ0v) is 34.9. The van der Waals surface area contributed by atoms with Gasteiger partial charge in [-0.25, -0.2) is 0 Å². The Kier molecular flexibility index (Phi) is 12.3. The second-order valence-electron chi connectivity index (χ2n) is 16.2. The van der Waals surface area contributed by atoms with E-state index in [0.29, 0.717) is 68.0 Å². The summed E-state index contributed by atoms with van der Waals surface area (Å²) < 4.78 is 14.3. The summed E-state index contributed by atoms with van der Waals surface area (Å²) >= 11 is 0. The van der Waals surface area contributed by atoms with Crippen molar-refractivity contribution in [2.24, 2.45) is 5.92 Å². The minimum Gasteiger partial charge on any atom is -0.494 e. The average Bonchev–Trinajstić information content (AvgIpc) is 3.85. The van der Waals surface area contributed by atoms with E-state index in [0.717, 1.165) is 29.0 Å². The number of ether oxygens (including phenoxy) is 2. The highest BCUT2D eigenvalue weighted by atomic mass is 28.4. The predicted molar refractivity (Wildman–Crippen MR) is 222 cm³/mol. The molecule has 7 rings (SSSR count). The number of unbranched alkanes of at least 4 members (excludes halogenated alkanes) is 1. The Bertz CT molecular complexity index is 2180. The van der Waals surface area contributed by atoms with Gasteiger partial charge in [0.1, 0.15) is 5.75 Å². The molecule has 2 amide bonds. The van der Waals surface area contributed by atoms with Gasteiger partial charge < -0.3 is 34.7 Å². The zero-order valence-electron chi connectivity index (χ0n) is 33.9. The van der Waals surface area contributed by atoms with Crippen molar-refractivity contribution in [3.05, 3.63) is 99.4 Å². The Morgan fingerprint density at radius 2 is 1.81 bits per heavy atom. The van der Waals surface area contributed by atoms with Crippen molar-refractivity contribution in [3.63, 3.8) is 0 Å². The highest BCUT2D eigenvalue weighted by molar-refractivity contribution is 6.71. The number of non-ortho nitro benzene ring substituents is 1. The lowest BCUT2D eigenvalue weighted by Gasteiger charge is -2.35. The summed E-state index contributed by atoms with van der Waals surface area (Å²) in [5.41, 5.74) is 2.51. The number of carbonyl (C=O) groups excluding carboxylic acids is 2. The molecule has 0 bridgehead atoms. The first-order valence-electron chi connectivity index (χ1n) is 20.3. The van der Waals surface area contributed by atoms with Crippen LogP contribution < -0.4 is 19.9 Å². The molecule has 314 valence electrons. The number of aryl methyl sites for hydroxylation is 1. The maximum Gasteiger partial charge on any atom is 0.269 e. The molecule has 5 atom stereocenters. The van der Waals surface area contributed by atoms with Crippen LogP contribution >= 0.6 is 0 Å². The van der Waals surface area contributed by atoms with Gasteiger partial charge in [0, 0.05) is 67.2 Å². The number of benzene rings is 3. The largest absolute Gasteiger partial charge is 0.494 e. The molecule has 3 aliphatic rings. The first kappa shape index (κ1) is 42.1. The molecule has 1 fully saturated rings. The SMILES string of the molecule is CCOc1ccc2c(c1)CC(NCCCCO)C(=O)N2c1ccc(CN2C(=O)[C@@]3(O[C@@H](CCn4cc(CCO)nn4)[C@H]([Si](C)(C)O)[C@H]3C)c3cc([N+](=O)[O-])ccc32)cc1. The summed E-state index contributed by atoms with van der Waals surface area (Å²) in [6.07, 6.45) is 3.81. The molecule has 1 unspecified atom stereocenters. The number of fused-ring (bicyclic) bond motifs is 3. The van der Waals surface area contributed by atoms with Crippen LogP contribution in [0.25, 0.3) is 0 Å². The van der Waals surface area contributed by atoms with Crippen LogP contribution in [0.5, 0.6) is 5.75 Å². The molecule has 1 spiro atoms. The number of aliphatic hydroxyl groups is 2. The summed E-state index contributed by atoms with van der Waals surface area (Å²) in [5.74, 6) is -0.271. The minimum absolute atomic E-state index is 0.0563. The highest BCUT2D eigenvalue weighted by Crippen LogP contribution is 2.60. The summed E-state index contributed by atoms with van der Waals surface area (Å²) in [6, 6.07) is 17.1. The van der Waals surface area contributed by atoms with Crippen molar-refractivity contribution < 1.29 is 39.0 Å². The molecule has 17 heteroatoms. The number of nitro benzene ring substituents is 1.